The molecule has 1 saturated heterocycles. The molecule has 2 heterocycles. The van der Waals surface area contributed by atoms with E-state index in [-0.39, 0.29) is 17.9 Å². The number of amides is 1. The summed E-state index contributed by atoms with van der Waals surface area (Å²) in [5, 5.41) is 5.32. The van der Waals surface area contributed by atoms with Gasteiger partial charge in [0, 0.05) is 31.4 Å². The van der Waals surface area contributed by atoms with Crippen molar-refractivity contribution in [2.24, 2.45) is 10.9 Å². The molecule has 5 nitrogen and oxygen atoms in total. The number of carbonyl (C=O) groups excluding carboxylic acids is 1. The number of morpholine rings is 1. The number of hydrogen-bond acceptors (Lipinski definition) is 4. The molecule has 2 aliphatic heterocycles. The predicted octanol–water partition coefficient (Wildman–Crippen LogP) is 1.74. The maximum atomic E-state index is 12.4. The highest BCUT2D eigenvalue weighted by Gasteiger charge is 2.19. The van der Waals surface area contributed by atoms with E-state index < -0.39 is 0 Å². The molecule has 2 aromatic rings. The van der Waals surface area contributed by atoms with Crippen LogP contribution < -0.4 is 20.8 Å². The number of hydrogen-bond donors (Lipinski definition) is 1. The Morgan fingerprint density at radius 3 is 2.68 bits per heavy atom. The van der Waals surface area contributed by atoms with Crippen molar-refractivity contribution >= 4 is 17.7 Å². The van der Waals surface area contributed by atoms with Crippen molar-refractivity contribution in [3.8, 4) is 0 Å². The summed E-state index contributed by atoms with van der Waals surface area (Å²) in [5.41, 5.74) is 3.63. The molecule has 2 atom stereocenters. The van der Waals surface area contributed by atoms with Crippen LogP contribution >= 0.6 is 0 Å². The molecule has 0 bridgehead atoms. The lowest BCUT2D eigenvalue weighted by atomic mass is 10.0. The molecule has 0 radical (unpaired) electrons. The minimum absolute atomic E-state index is 0.0706. The van der Waals surface area contributed by atoms with Crippen LogP contribution in [0.1, 0.15) is 24.1 Å². The Kier molecular flexibility index (Phi) is 5.55. The van der Waals surface area contributed by atoms with E-state index in [1.807, 2.05) is 18.2 Å². The third-order valence-electron chi connectivity index (χ3n) is 5.52. The highest BCUT2D eigenvalue weighted by Crippen LogP contribution is 2.20. The first kappa shape index (κ1) is 18.8. The van der Waals surface area contributed by atoms with Gasteiger partial charge in [0.2, 0.25) is 0 Å². The van der Waals surface area contributed by atoms with Gasteiger partial charge in [0.15, 0.2) is 0 Å². The Bertz CT molecular complexity index is 962. The molecule has 1 amide bonds. The first-order valence-corrected chi connectivity index (χ1v) is 9.97. The highest BCUT2D eigenvalue weighted by atomic mass is 16.5. The average molecular weight is 377 g/mol. The Balaban J connectivity index is 1.40. The van der Waals surface area contributed by atoms with Crippen LogP contribution in [0.2, 0.25) is 0 Å². The second-order valence-corrected chi connectivity index (χ2v) is 7.61. The van der Waals surface area contributed by atoms with Crippen LogP contribution in [0.15, 0.2) is 47.5 Å². The van der Waals surface area contributed by atoms with E-state index in [4.69, 9.17) is 4.74 Å². The summed E-state index contributed by atoms with van der Waals surface area (Å²) >= 11 is 0. The van der Waals surface area contributed by atoms with Crippen molar-refractivity contribution in [2.75, 3.05) is 37.7 Å². The predicted molar refractivity (Wildman–Crippen MR) is 111 cm³/mol. The zero-order valence-corrected chi connectivity index (χ0v) is 16.5. The third-order valence-corrected chi connectivity index (χ3v) is 5.52. The maximum Gasteiger partial charge on any atom is 0.254 e. The van der Waals surface area contributed by atoms with Gasteiger partial charge in [0.25, 0.3) is 5.91 Å². The normalized spacial score (nSPS) is 20.1. The molecule has 1 N–H and O–H groups in total. The van der Waals surface area contributed by atoms with Crippen molar-refractivity contribution in [1.29, 1.82) is 0 Å². The second kappa shape index (κ2) is 8.25. The van der Waals surface area contributed by atoms with Crippen LogP contribution in [0.25, 0.3) is 6.08 Å². The van der Waals surface area contributed by atoms with Crippen molar-refractivity contribution in [3.63, 3.8) is 0 Å². The molecule has 0 aliphatic carbocycles. The van der Waals surface area contributed by atoms with Crippen LogP contribution in [0.4, 0.5) is 5.69 Å². The highest BCUT2D eigenvalue weighted by molar-refractivity contribution is 5.86. The van der Waals surface area contributed by atoms with E-state index in [0.29, 0.717) is 6.54 Å². The van der Waals surface area contributed by atoms with Crippen molar-refractivity contribution in [3.05, 3.63) is 64.2 Å². The number of aryl methyl sites for hydroxylation is 1. The van der Waals surface area contributed by atoms with Gasteiger partial charge >= 0.3 is 0 Å². The van der Waals surface area contributed by atoms with E-state index in [1.54, 1.807) is 0 Å². The Labute approximate surface area is 165 Å². The zero-order chi connectivity index (χ0) is 19.5. The first-order chi connectivity index (χ1) is 13.6. The Morgan fingerprint density at radius 1 is 1.18 bits per heavy atom. The summed E-state index contributed by atoms with van der Waals surface area (Å²) in [6, 6.07) is 14.8. The number of nitrogens with one attached hydrogen (secondary N) is 1. The van der Waals surface area contributed by atoms with E-state index in [9.17, 15) is 4.79 Å². The SMILES string of the molecule is Cc1ccc2c(c1)=CC(CNC(C)c1ccc(N3CCOCC3)cc1)C(=O)N=2. The first-order valence-electron chi connectivity index (χ1n) is 9.97. The van der Waals surface area contributed by atoms with Gasteiger partial charge in [-0.1, -0.05) is 35.9 Å². The summed E-state index contributed by atoms with van der Waals surface area (Å²) in [5.74, 6) is -0.289. The Hall–Kier alpha value is -2.50. The molecular formula is C23H27N3O2. The topological polar surface area (TPSA) is 53.9 Å². The van der Waals surface area contributed by atoms with Crippen LogP contribution in [-0.4, -0.2) is 38.8 Å². The maximum absolute atomic E-state index is 12.4. The second-order valence-electron chi connectivity index (χ2n) is 7.61. The summed E-state index contributed by atoms with van der Waals surface area (Å²) in [6.45, 7) is 8.24. The Morgan fingerprint density at radius 2 is 1.93 bits per heavy atom. The van der Waals surface area contributed by atoms with Gasteiger partial charge in [-0.2, -0.15) is 0 Å². The monoisotopic (exact) mass is 377 g/mol. The smallest absolute Gasteiger partial charge is 0.254 e. The zero-order valence-electron chi connectivity index (χ0n) is 16.5. The molecule has 0 saturated carbocycles. The molecule has 146 valence electrons. The van der Waals surface area contributed by atoms with E-state index in [0.717, 1.165) is 36.9 Å². The summed E-state index contributed by atoms with van der Waals surface area (Å²) in [4.78, 5) is 19.0. The fourth-order valence-corrected chi connectivity index (χ4v) is 3.76. The molecule has 2 unspecified atom stereocenters. The summed E-state index contributed by atoms with van der Waals surface area (Å²) < 4.78 is 5.42. The fourth-order valence-electron chi connectivity index (χ4n) is 3.76. The fraction of sp³-hybridized carbons (Fsp3) is 0.391. The number of anilines is 1. The van der Waals surface area contributed by atoms with Crippen LogP contribution in [0.5, 0.6) is 0 Å². The van der Waals surface area contributed by atoms with Crippen LogP contribution in [0.3, 0.4) is 0 Å². The van der Waals surface area contributed by atoms with Crippen molar-refractivity contribution < 1.29 is 9.53 Å². The molecule has 0 spiro atoms. The molecule has 5 heteroatoms. The minimum Gasteiger partial charge on any atom is -0.378 e. The summed E-state index contributed by atoms with van der Waals surface area (Å²) in [7, 11) is 0. The largest absolute Gasteiger partial charge is 0.378 e. The molecule has 0 aromatic heterocycles. The quantitative estimate of drug-likeness (QED) is 0.862. The van der Waals surface area contributed by atoms with Crippen LogP contribution in [-0.2, 0) is 9.53 Å². The molecule has 4 rings (SSSR count). The van der Waals surface area contributed by atoms with Gasteiger partial charge in [-0.25, -0.2) is 4.99 Å². The number of nitrogens with zero attached hydrogens (tertiary/aromatic N) is 2. The van der Waals surface area contributed by atoms with Gasteiger partial charge in [-0.05, 0) is 42.8 Å². The number of fused-ring (bicyclic) bond motifs is 1. The summed E-state index contributed by atoms with van der Waals surface area (Å²) in [6.07, 6.45) is 2.04. The number of ether oxygens (including phenoxy) is 1. The lowest BCUT2D eigenvalue weighted by Gasteiger charge is -2.29. The van der Waals surface area contributed by atoms with Gasteiger partial charge in [-0.15, -0.1) is 0 Å². The standard InChI is InChI=1S/C23H27N3O2/c1-16-3-8-22-19(13-16)14-20(23(27)25-22)15-24-17(2)18-4-6-21(7-5-18)26-9-11-28-12-10-26/h3-8,13-14,17,20,24H,9-12,15H2,1-2H3. The van der Waals surface area contributed by atoms with Crippen LogP contribution in [0, 0.1) is 12.8 Å². The number of benzene rings is 2. The van der Waals surface area contributed by atoms with Gasteiger partial charge in [-0.3, -0.25) is 4.79 Å². The lowest BCUT2D eigenvalue weighted by molar-refractivity contribution is -0.120. The number of carbonyl (C=O) groups is 1. The van der Waals surface area contributed by atoms with Gasteiger partial charge in [0.1, 0.15) is 0 Å². The number of rotatable bonds is 5. The molecule has 2 aromatic carbocycles. The van der Waals surface area contributed by atoms with Gasteiger partial charge < -0.3 is 15.0 Å². The third kappa shape index (κ3) is 4.16. The average Bonchev–Trinajstić information content (AvgIpc) is 2.73. The molecule has 28 heavy (non-hydrogen) atoms. The molecule has 2 aliphatic rings. The lowest BCUT2D eigenvalue weighted by Crippen LogP contribution is -2.38. The molecule has 1 fully saturated rings. The van der Waals surface area contributed by atoms with Gasteiger partial charge in [0.05, 0.1) is 24.5 Å². The van der Waals surface area contributed by atoms with E-state index >= 15 is 0 Å². The van der Waals surface area contributed by atoms with Crippen molar-refractivity contribution in [2.45, 2.75) is 19.9 Å². The van der Waals surface area contributed by atoms with E-state index in [1.165, 1.54) is 16.8 Å². The van der Waals surface area contributed by atoms with Crippen molar-refractivity contribution in [1.82, 2.24) is 5.32 Å². The molecular weight excluding hydrogens is 350 g/mol. The minimum atomic E-state index is -0.218. The van der Waals surface area contributed by atoms with E-state index in [2.05, 4.69) is 59.4 Å².